The number of aromatic nitrogens is 3. The summed E-state index contributed by atoms with van der Waals surface area (Å²) in [6.45, 7) is 2.02. The Bertz CT molecular complexity index is 1070. The molecule has 0 aliphatic carbocycles. The van der Waals surface area contributed by atoms with Crippen molar-refractivity contribution in [3.63, 3.8) is 0 Å². The second-order valence-electron chi connectivity index (χ2n) is 7.21. The summed E-state index contributed by atoms with van der Waals surface area (Å²) in [6, 6.07) is 11.3. The summed E-state index contributed by atoms with van der Waals surface area (Å²) < 4.78 is 38.2. The van der Waals surface area contributed by atoms with Gasteiger partial charge in [-0.25, -0.2) is 4.98 Å². The van der Waals surface area contributed by atoms with Gasteiger partial charge in [0.05, 0.1) is 11.3 Å². The van der Waals surface area contributed by atoms with Crippen molar-refractivity contribution in [3.05, 3.63) is 64.9 Å². The Balaban J connectivity index is 1.42. The average molecular weight is 450 g/mol. The molecule has 1 aliphatic heterocycles. The van der Waals surface area contributed by atoms with Crippen molar-refractivity contribution < 1.29 is 18.0 Å². The monoisotopic (exact) mass is 449 g/mol. The molecule has 3 aromatic rings. The van der Waals surface area contributed by atoms with E-state index in [-0.39, 0.29) is 5.91 Å². The molecule has 10 heteroatoms. The van der Waals surface area contributed by atoms with Crippen molar-refractivity contribution in [2.24, 2.45) is 0 Å². The number of amides is 1. The SMILES string of the molecule is O=C(c1cc(-c2cccc(Cl)c2)n[nH]1)N1CCCN(c2ccc(C(F)(F)F)cn2)CC1. The second kappa shape index (κ2) is 8.58. The van der Waals surface area contributed by atoms with Gasteiger partial charge in [-0.1, -0.05) is 23.7 Å². The highest BCUT2D eigenvalue weighted by Gasteiger charge is 2.31. The highest BCUT2D eigenvalue weighted by molar-refractivity contribution is 6.30. The summed E-state index contributed by atoms with van der Waals surface area (Å²) in [5, 5.41) is 7.58. The zero-order valence-electron chi connectivity index (χ0n) is 16.4. The minimum absolute atomic E-state index is 0.178. The molecule has 1 aliphatic rings. The van der Waals surface area contributed by atoms with E-state index < -0.39 is 11.7 Å². The fourth-order valence-corrected chi connectivity index (χ4v) is 3.68. The number of hydrogen-bond donors (Lipinski definition) is 1. The molecule has 0 bridgehead atoms. The van der Waals surface area contributed by atoms with E-state index in [1.807, 2.05) is 17.0 Å². The van der Waals surface area contributed by atoms with E-state index in [1.165, 1.54) is 6.07 Å². The van der Waals surface area contributed by atoms with Crippen molar-refractivity contribution in [2.45, 2.75) is 12.6 Å². The molecular weight excluding hydrogens is 431 g/mol. The van der Waals surface area contributed by atoms with E-state index in [9.17, 15) is 18.0 Å². The number of aromatic amines is 1. The van der Waals surface area contributed by atoms with Gasteiger partial charge >= 0.3 is 6.18 Å². The molecule has 0 spiro atoms. The molecule has 31 heavy (non-hydrogen) atoms. The first-order valence-corrected chi connectivity index (χ1v) is 10.1. The third-order valence-corrected chi connectivity index (χ3v) is 5.35. The fraction of sp³-hybridized carbons (Fsp3) is 0.286. The maximum Gasteiger partial charge on any atom is 0.417 e. The fourth-order valence-electron chi connectivity index (χ4n) is 3.49. The van der Waals surface area contributed by atoms with Crippen LogP contribution in [-0.4, -0.2) is 52.2 Å². The van der Waals surface area contributed by atoms with Gasteiger partial charge in [-0.3, -0.25) is 9.89 Å². The summed E-state index contributed by atoms with van der Waals surface area (Å²) in [5.74, 6) is 0.287. The Kier molecular flexibility index (Phi) is 5.86. The van der Waals surface area contributed by atoms with E-state index in [4.69, 9.17) is 11.6 Å². The van der Waals surface area contributed by atoms with Crippen LogP contribution in [0.15, 0.2) is 48.7 Å². The number of nitrogens with one attached hydrogen (secondary N) is 1. The van der Waals surface area contributed by atoms with Crippen LogP contribution in [0.5, 0.6) is 0 Å². The molecule has 1 fully saturated rings. The molecule has 0 saturated carbocycles. The second-order valence-corrected chi connectivity index (χ2v) is 7.65. The predicted octanol–water partition coefficient (Wildman–Crippen LogP) is 4.50. The quantitative estimate of drug-likeness (QED) is 0.639. The molecule has 1 N–H and O–H groups in total. The molecule has 0 radical (unpaired) electrons. The lowest BCUT2D eigenvalue weighted by Gasteiger charge is -2.22. The number of rotatable bonds is 3. The normalized spacial score (nSPS) is 15.1. The summed E-state index contributed by atoms with van der Waals surface area (Å²) in [6.07, 6.45) is -2.91. The molecule has 3 heterocycles. The van der Waals surface area contributed by atoms with Gasteiger partial charge in [0, 0.05) is 43.0 Å². The van der Waals surface area contributed by atoms with E-state index in [1.54, 1.807) is 23.1 Å². The first-order chi connectivity index (χ1) is 14.8. The summed E-state index contributed by atoms with van der Waals surface area (Å²) in [4.78, 5) is 20.5. The van der Waals surface area contributed by atoms with Gasteiger partial charge in [0.1, 0.15) is 11.5 Å². The van der Waals surface area contributed by atoms with E-state index in [0.29, 0.717) is 54.8 Å². The Labute approximate surface area is 181 Å². The highest BCUT2D eigenvalue weighted by Crippen LogP contribution is 2.29. The van der Waals surface area contributed by atoms with Crippen molar-refractivity contribution >= 4 is 23.3 Å². The van der Waals surface area contributed by atoms with Crippen molar-refractivity contribution in [2.75, 3.05) is 31.1 Å². The third kappa shape index (κ3) is 4.82. The lowest BCUT2D eigenvalue weighted by atomic mass is 10.1. The number of pyridine rings is 1. The Hall–Kier alpha value is -3.07. The summed E-state index contributed by atoms with van der Waals surface area (Å²) >= 11 is 6.02. The van der Waals surface area contributed by atoms with Crippen LogP contribution in [0.2, 0.25) is 5.02 Å². The highest BCUT2D eigenvalue weighted by atomic mass is 35.5. The molecule has 2 aromatic heterocycles. The Morgan fingerprint density at radius 2 is 1.90 bits per heavy atom. The smallest absolute Gasteiger partial charge is 0.355 e. The third-order valence-electron chi connectivity index (χ3n) is 5.11. The topological polar surface area (TPSA) is 65.1 Å². The van der Waals surface area contributed by atoms with Crippen molar-refractivity contribution in [3.8, 4) is 11.3 Å². The van der Waals surface area contributed by atoms with E-state index >= 15 is 0 Å². The maximum atomic E-state index is 12.9. The molecule has 0 unspecified atom stereocenters. The lowest BCUT2D eigenvalue weighted by Crippen LogP contribution is -2.35. The number of halogens is 4. The first-order valence-electron chi connectivity index (χ1n) is 9.70. The first kappa shape index (κ1) is 21.2. The Morgan fingerprint density at radius 3 is 2.61 bits per heavy atom. The number of carbonyl (C=O) groups is 1. The molecule has 6 nitrogen and oxygen atoms in total. The predicted molar refractivity (Wildman–Crippen MR) is 111 cm³/mol. The molecule has 4 rings (SSSR count). The van der Waals surface area contributed by atoms with Crippen LogP contribution in [0.4, 0.5) is 19.0 Å². The number of carbonyl (C=O) groups excluding carboxylic acids is 1. The lowest BCUT2D eigenvalue weighted by molar-refractivity contribution is -0.137. The Morgan fingerprint density at radius 1 is 1.06 bits per heavy atom. The van der Waals surface area contributed by atoms with Gasteiger partial charge in [-0.2, -0.15) is 18.3 Å². The molecule has 0 atom stereocenters. The molecule has 1 amide bonds. The van der Waals surface area contributed by atoms with Crippen molar-refractivity contribution in [1.82, 2.24) is 20.1 Å². The van der Waals surface area contributed by atoms with Crippen molar-refractivity contribution in [1.29, 1.82) is 0 Å². The van der Waals surface area contributed by atoms with Crippen LogP contribution in [0.3, 0.4) is 0 Å². The van der Waals surface area contributed by atoms with Gasteiger partial charge in [0.2, 0.25) is 0 Å². The van der Waals surface area contributed by atoms with E-state index in [2.05, 4.69) is 15.2 Å². The number of hydrogen-bond acceptors (Lipinski definition) is 4. The van der Waals surface area contributed by atoms with Gasteiger partial charge in [-0.15, -0.1) is 0 Å². The van der Waals surface area contributed by atoms with Gasteiger partial charge in [0.25, 0.3) is 5.91 Å². The molecule has 1 aromatic carbocycles. The van der Waals surface area contributed by atoms with Crippen LogP contribution in [0.1, 0.15) is 22.5 Å². The van der Waals surface area contributed by atoms with Gasteiger partial charge in [0.15, 0.2) is 0 Å². The number of benzene rings is 1. The zero-order valence-corrected chi connectivity index (χ0v) is 17.1. The number of H-pyrrole nitrogens is 1. The molecule has 1 saturated heterocycles. The van der Waals surface area contributed by atoms with Gasteiger partial charge < -0.3 is 9.80 Å². The van der Waals surface area contributed by atoms with Crippen LogP contribution >= 0.6 is 11.6 Å². The maximum absolute atomic E-state index is 12.9. The molecule has 162 valence electrons. The number of anilines is 1. The average Bonchev–Trinajstić information content (AvgIpc) is 3.11. The van der Waals surface area contributed by atoms with Crippen LogP contribution < -0.4 is 4.90 Å². The number of alkyl halides is 3. The standard InChI is InChI=1S/C21H19ClF3N5O/c22-16-4-1-3-14(11-16)17-12-18(28-27-17)20(31)30-8-2-7-29(9-10-30)19-6-5-15(13-26-19)21(23,24)25/h1,3-6,11-13H,2,7-10H2,(H,27,28). The zero-order chi connectivity index (χ0) is 22.0. The van der Waals surface area contributed by atoms with Crippen LogP contribution in [-0.2, 0) is 6.18 Å². The largest absolute Gasteiger partial charge is 0.417 e. The van der Waals surface area contributed by atoms with Gasteiger partial charge in [-0.05, 0) is 36.8 Å². The van der Waals surface area contributed by atoms with Crippen LogP contribution in [0.25, 0.3) is 11.3 Å². The minimum atomic E-state index is -4.42. The summed E-state index contributed by atoms with van der Waals surface area (Å²) in [7, 11) is 0. The van der Waals surface area contributed by atoms with Crippen LogP contribution in [0, 0.1) is 0 Å². The minimum Gasteiger partial charge on any atom is -0.355 e. The molecular formula is C21H19ClF3N5O. The van der Waals surface area contributed by atoms with E-state index in [0.717, 1.165) is 17.8 Å². The summed E-state index contributed by atoms with van der Waals surface area (Å²) in [5.41, 5.74) is 1.02. The number of nitrogens with zero attached hydrogens (tertiary/aromatic N) is 4.